The van der Waals surface area contributed by atoms with Gasteiger partial charge >= 0.3 is 17.9 Å². The molecule has 0 aromatic carbocycles. The molecule has 0 aliphatic carbocycles. The topological polar surface area (TPSA) is 78.9 Å². The molecule has 466 valence electrons. The highest BCUT2D eigenvalue weighted by Crippen LogP contribution is 2.16. The molecule has 0 saturated carbocycles. The average molecular weight is 1140 g/mol. The molecule has 0 aromatic heterocycles. The maximum absolute atomic E-state index is 13.0. The summed E-state index contributed by atoms with van der Waals surface area (Å²) in [6.45, 7) is 6.42. The molecule has 1 atom stereocenters. The molecule has 6 nitrogen and oxygen atoms in total. The highest BCUT2D eigenvalue weighted by molar-refractivity contribution is 5.71. The normalized spacial score (nSPS) is 13.0. The summed E-state index contributed by atoms with van der Waals surface area (Å²) < 4.78 is 17.0. The number of hydrogen-bond acceptors (Lipinski definition) is 6. The Labute approximate surface area is 506 Å². The van der Waals surface area contributed by atoms with Crippen molar-refractivity contribution >= 4 is 17.9 Å². The minimum Gasteiger partial charge on any atom is -0.462 e. The molecular formula is C76H126O6. The Kier molecular flexibility index (Phi) is 65.3. The lowest BCUT2D eigenvalue weighted by molar-refractivity contribution is -0.167. The monoisotopic (exact) mass is 1130 g/mol. The van der Waals surface area contributed by atoms with Crippen LogP contribution in [0.5, 0.6) is 0 Å². The van der Waals surface area contributed by atoms with E-state index >= 15 is 0 Å². The third-order valence-corrected chi connectivity index (χ3v) is 14.4. The predicted octanol–water partition coefficient (Wildman–Crippen LogP) is 23.7. The van der Waals surface area contributed by atoms with Crippen molar-refractivity contribution in [3.05, 3.63) is 134 Å². The van der Waals surface area contributed by atoms with Crippen LogP contribution in [0, 0.1) is 0 Å². The minimum absolute atomic E-state index is 0.0858. The van der Waals surface area contributed by atoms with Gasteiger partial charge in [-0.3, -0.25) is 14.4 Å². The number of unbranched alkanes of at least 4 members (excludes halogenated alkanes) is 28. The Morgan fingerprint density at radius 1 is 0.256 bits per heavy atom. The van der Waals surface area contributed by atoms with Crippen LogP contribution in [-0.2, 0) is 28.6 Å². The van der Waals surface area contributed by atoms with Crippen LogP contribution in [0.3, 0.4) is 0 Å². The van der Waals surface area contributed by atoms with Crippen LogP contribution in [0.25, 0.3) is 0 Å². The predicted molar refractivity (Wildman–Crippen MR) is 357 cm³/mol. The first-order valence-corrected chi connectivity index (χ1v) is 34.2. The first-order chi connectivity index (χ1) is 40.5. The van der Waals surface area contributed by atoms with Crippen molar-refractivity contribution in [2.45, 2.75) is 316 Å². The van der Waals surface area contributed by atoms with E-state index < -0.39 is 6.10 Å². The number of hydrogen-bond donors (Lipinski definition) is 0. The standard InChI is InChI=1S/C76H126O6/c1-4-7-10-13-16-19-22-25-28-30-32-34-36-37-38-39-41-42-44-46-48-51-54-57-60-63-66-69-75(78)81-72-73(71-80-74(77)68-65-62-59-56-53-50-27-24-21-18-15-12-9-6-3)82-76(79)70-67-64-61-58-55-52-49-47-45-43-40-35-33-31-29-26-23-20-17-14-11-8-5-2/h7-8,10-11,16-17,19-20,25-26,28-29,32-35,37-38,41-43,45,73H,4-6,9,12-15,18,21-24,27,30-31,36,39-40,44,46-72H2,1-3H3/b10-7-,11-8-,19-16-,20-17-,28-25-,29-26-,34-32-,35-33-,38-37-,42-41-,45-43-. The fourth-order valence-electron chi connectivity index (χ4n) is 9.36. The molecule has 6 heteroatoms. The largest absolute Gasteiger partial charge is 0.462 e. The van der Waals surface area contributed by atoms with Gasteiger partial charge in [-0.2, -0.15) is 0 Å². The van der Waals surface area contributed by atoms with Gasteiger partial charge in [0.1, 0.15) is 13.2 Å². The van der Waals surface area contributed by atoms with E-state index in [1.54, 1.807) is 0 Å². The summed E-state index contributed by atoms with van der Waals surface area (Å²) in [6.07, 6.45) is 97.4. The molecule has 0 N–H and O–H groups in total. The highest BCUT2D eigenvalue weighted by atomic mass is 16.6. The molecular weight excluding hydrogens is 1010 g/mol. The summed E-state index contributed by atoms with van der Waals surface area (Å²) in [6, 6.07) is 0. The minimum atomic E-state index is -0.793. The Balaban J connectivity index is 4.39. The van der Waals surface area contributed by atoms with Crippen LogP contribution in [0.2, 0.25) is 0 Å². The van der Waals surface area contributed by atoms with E-state index in [1.807, 2.05) is 0 Å². The maximum Gasteiger partial charge on any atom is 0.306 e. The second-order valence-corrected chi connectivity index (χ2v) is 22.3. The first kappa shape index (κ1) is 77.5. The van der Waals surface area contributed by atoms with Crippen LogP contribution in [0.1, 0.15) is 310 Å². The van der Waals surface area contributed by atoms with Crippen molar-refractivity contribution in [3.8, 4) is 0 Å². The van der Waals surface area contributed by atoms with E-state index in [4.69, 9.17) is 14.2 Å². The van der Waals surface area contributed by atoms with Crippen molar-refractivity contribution < 1.29 is 28.6 Å². The second kappa shape index (κ2) is 69.0. The molecule has 1 unspecified atom stereocenters. The van der Waals surface area contributed by atoms with Crippen molar-refractivity contribution in [2.24, 2.45) is 0 Å². The van der Waals surface area contributed by atoms with E-state index in [0.717, 1.165) is 141 Å². The van der Waals surface area contributed by atoms with Crippen molar-refractivity contribution in [3.63, 3.8) is 0 Å². The van der Waals surface area contributed by atoms with Crippen LogP contribution in [0.4, 0.5) is 0 Å². The number of rotatable bonds is 61. The lowest BCUT2D eigenvalue weighted by Gasteiger charge is -2.18. The molecule has 0 amide bonds. The summed E-state index contributed by atoms with van der Waals surface area (Å²) >= 11 is 0. The zero-order chi connectivity index (χ0) is 59.2. The van der Waals surface area contributed by atoms with Crippen LogP contribution >= 0.6 is 0 Å². The highest BCUT2D eigenvalue weighted by Gasteiger charge is 2.19. The summed E-state index contributed by atoms with van der Waals surface area (Å²) in [5.41, 5.74) is 0. The molecule has 0 spiro atoms. The number of ether oxygens (including phenoxy) is 3. The van der Waals surface area contributed by atoms with Gasteiger partial charge in [-0.25, -0.2) is 0 Å². The number of esters is 3. The summed E-state index contributed by atoms with van der Waals surface area (Å²) in [5.74, 6) is -0.897. The van der Waals surface area contributed by atoms with Crippen LogP contribution < -0.4 is 0 Å². The Morgan fingerprint density at radius 2 is 0.476 bits per heavy atom. The van der Waals surface area contributed by atoms with E-state index in [0.29, 0.717) is 19.3 Å². The summed E-state index contributed by atoms with van der Waals surface area (Å²) in [4.78, 5) is 38.4. The molecule has 0 saturated heterocycles. The Bertz CT molecular complexity index is 1730. The van der Waals surface area contributed by atoms with E-state index in [1.165, 1.54) is 128 Å². The van der Waals surface area contributed by atoms with Gasteiger partial charge in [-0.15, -0.1) is 0 Å². The van der Waals surface area contributed by atoms with Gasteiger partial charge in [0.25, 0.3) is 0 Å². The van der Waals surface area contributed by atoms with Gasteiger partial charge in [0, 0.05) is 19.3 Å². The van der Waals surface area contributed by atoms with Crippen LogP contribution in [-0.4, -0.2) is 37.2 Å². The Morgan fingerprint density at radius 3 is 0.744 bits per heavy atom. The van der Waals surface area contributed by atoms with Gasteiger partial charge in [-0.05, 0) is 116 Å². The van der Waals surface area contributed by atoms with Crippen molar-refractivity contribution in [1.82, 2.24) is 0 Å². The lowest BCUT2D eigenvalue weighted by Crippen LogP contribution is -2.30. The number of allylic oxidation sites excluding steroid dienone is 22. The fourth-order valence-corrected chi connectivity index (χ4v) is 9.36. The molecule has 0 bridgehead atoms. The van der Waals surface area contributed by atoms with Gasteiger partial charge in [0.2, 0.25) is 0 Å². The van der Waals surface area contributed by atoms with Crippen LogP contribution in [0.15, 0.2) is 134 Å². The zero-order valence-electron chi connectivity index (χ0n) is 53.5. The molecule has 0 fully saturated rings. The Hall–Kier alpha value is -4.45. The summed E-state index contributed by atoms with van der Waals surface area (Å²) in [5, 5.41) is 0. The second-order valence-electron chi connectivity index (χ2n) is 22.3. The average Bonchev–Trinajstić information content (AvgIpc) is 3.48. The van der Waals surface area contributed by atoms with E-state index in [2.05, 4.69) is 154 Å². The van der Waals surface area contributed by atoms with Gasteiger partial charge in [0.15, 0.2) is 6.10 Å². The first-order valence-electron chi connectivity index (χ1n) is 34.2. The summed E-state index contributed by atoms with van der Waals surface area (Å²) in [7, 11) is 0. The third-order valence-electron chi connectivity index (χ3n) is 14.4. The zero-order valence-corrected chi connectivity index (χ0v) is 53.5. The smallest absolute Gasteiger partial charge is 0.306 e. The molecule has 0 radical (unpaired) electrons. The quantitative estimate of drug-likeness (QED) is 0.0261. The SMILES string of the molecule is CC/C=C\C/C=C\C/C=C\C/C=C\C/C=C\C/C=C\CCCCCCCCCCC(=O)OCC(COC(=O)CCCCCCCCCCCCCCCC)OC(=O)CCCCCCCCC/C=C\C/C=C\C/C=C\C/C=C\C/C=C\CC. The van der Waals surface area contributed by atoms with Crippen molar-refractivity contribution in [2.75, 3.05) is 13.2 Å². The number of carbonyl (C=O) groups is 3. The molecule has 82 heavy (non-hydrogen) atoms. The van der Waals surface area contributed by atoms with Gasteiger partial charge < -0.3 is 14.2 Å². The third kappa shape index (κ3) is 66.4. The fraction of sp³-hybridized carbons (Fsp3) is 0.671. The van der Waals surface area contributed by atoms with Crippen molar-refractivity contribution in [1.29, 1.82) is 0 Å². The van der Waals surface area contributed by atoms with Gasteiger partial charge in [-0.1, -0.05) is 309 Å². The lowest BCUT2D eigenvalue weighted by atomic mass is 10.0. The molecule has 0 aliphatic heterocycles. The molecule has 0 aromatic rings. The molecule has 0 aliphatic rings. The molecule has 0 heterocycles. The molecule has 0 rings (SSSR count). The van der Waals surface area contributed by atoms with E-state index in [-0.39, 0.29) is 31.1 Å². The number of carbonyl (C=O) groups excluding carboxylic acids is 3. The van der Waals surface area contributed by atoms with E-state index in [9.17, 15) is 14.4 Å². The maximum atomic E-state index is 13.0. The van der Waals surface area contributed by atoms with Gasteiger partial charge in [0.05, 0.1) is 0 Å².